The number of carboxylic acid groups (broad SMARTS) is 1. The maximum absolute atomic E-state index is 10.7. The number of aliphatic hydroxyl groups is 2. The fourth-order valence-electron chi connectivity index (χ4n) is 1.73. The molecule has 5 heteroatoms. The largest absolute Gasteiger partial charge is 0.479 e. The third-order valence-electron chi connectivity index (χ3n) is 2.58. The molecule has 17 heavy (non-hydrogen) atoms. The van der Waals surface area contributed by atoms with Crippen LogP contribution in [0.1, 0.15) is 29.2 Å². The van der Waals surface area contributed by atoms with E-state index in [-0.39, 0.29) is 12.2 Å². The van der Waals surface area contributed by atoms with Gasteiger partial charge in [-0.15, -0.1) is 11.6 Å². The van der Waals surface area contributed by atoms with Crippen LogP contribution in [-0.2, 0) is 17.8 Å². The zero-order chi connectivity index (χ0) is 12.8. The van der Waals surface area contributed by atoms with Gasteiger partial charge < -0.3 is 15.3 Å². The Bertz CT molecular complexity index is 392. The monoisotopic (exact) mass is 258 g/mol. The first-order valence-corrected chi connectivity index (χ1v) is 5.83. The van der Waals surface area contributed by atoms with Crippen LogP contribution in [0.2, 0.25) is 0 Å². The lowest BCUT2D eigenvalue weighted by Crippen LogP contribution is -2.14. The molecule has 1 atom stereocenters. The summed E-state index contributed by atoms with van der Waals surface area (Å²) in [4.78, 5) is 10.7. The standard InChI is InChI=1S/C12H15ClO4/c13-6-2-4-8-3-1-5-9(10(8)7-14)11(15)12(16)17/h1,3,5,11,14-15H,2,4,6-7H2,(H,16,17). The highest BCUT2D eigenvalue weighted by molar-refractivity contribution is 6.17. The number of rotatable bonds is 6. The average Bonchev–Trinajstić information content (AvgIpc) is 2.34. The average molecular weight is 259 g/mol. The summed E-state index contributed by atoms with van der Waals surface area (Å²) in [6.07, 6.45) is -0.214. The van der Waals surface area contributed by atoms with Crippen LogP contribution in [-0.4, -0.2) is 27.2 Å². The Kier molecular flexibility index (Phi) is 5.41. The van der Waals surface area contributed by atoms with Crippen LogP contribution in [0.3, 0.4) is 0 Å². The van der Waals surface area contributed by atoms with Gasteiger partial charge in [0.15, 0.2) is 6.10 Å². The number of aryl methyl sites for hydroxylation is 1. The summed E-state index contributed by atoms with van der Waals surface area (Å²) in [6, 6.07) is 4.98. The second-order valence-corrected chi connectivity index (χ2v) is 4.05. The molecule has 0 fully saturated rings. The molecule has 1 aromatic carbocycles. The molecule has 0 spiro atoms. The molecule has 0 aliphatic rings. The summed E-state index contributed by atoms with van der Waals surface area (Å²) in [7, 11) is 0. The van der Waals surface area contributed by atoms with Crippen molar-refractivity contribution in [3.63, 3.8) is 0 Å². The lowest BCUT2D eigenvalue weighted by atomic mass is 9.95. The predicted octanol–water partition coefficient (Wildman–Crippen LogP) is 1.47. The lowest BCUT2D eigenvalue weighted by molar-refractivity contribution is -0.147. The summed E-state index contributed by atoms with van der Waals surface area (Å²) in [5.74, 6) is -0.828. The Morgan fingerprint density at radius 2 is 2.12 bits per heavy atom. The van der Waals surface area contributed by atoms with Crippen LogP contribution in [0.4, 0.5) is 0 Å². The number of hydrogen-bond acceptors (Lipinski definition) is 3. The summed E-state index contributed by atoms with van der Waals surface area (Å²) < 4.78 is 0. The molecule has 0 saturated heterocycles. The van der Waals surface area contributed by atoms with Crippen molar-refractivity contribution in [3.05, 3.63) is 34.9 Å². The second kappa shape index (κ2) is 6.59. The van der Waals surface area contributed by atoms with Gasteiger partial charge in [0, 0.05) is 5.88 Å². The second-order valence-electron chi connectivity index (χ2n) is 3.68. The van der Waals surface area contributed by atoms with E-state index in [9.17, 15) is 15.0 Å². The molecule has 0 aliphatic carbocycles. The highest BCUT2D eigenvalue weighted by Crippen LogP contribution is 2.23. The number of carboxylic acids is 1. The van der Waals surface area contributed by atoms with Crippen LogP contribution in [0.15, 0.2) is 18.2 Å². The number of alkyl halides is 1. The number of aliphatic hydroxyl groups excluding tert-OH is 2. The summed E-state index contributed by atoms with van der Waals surface area (Å²) in [5.41, 5.74) is 1.55. The van der Waals surface area contributed by atoms with E-state index in [2.05, 4.69) is 0 Å². The molecule has 0 heterocycles. The van der Waals surface area contributed by atoms with Gasteiger partial charge in [0.25, 0.3) is 0 Å². The van der Waals surface area contributed by atoms with Crippen molar-refractivity contribution >= 4 is 17.6 Å². The van der Waals surface area contributed by atoms with E-state index in [0.29, 0.717) is 17.9 Å². The number of aliphatic carboxylic acids is 1. The van der Waals surface area contributed by atoms with E-state index >= 15 is 0 Å². The molecular weight excluding hydrogens is 244 g/mol. The van der Waals surface area contributed by atoms with Crippen molar-refractivity contribution < 1.29 is 20.1 Å². The first kappa shape index (κ1) is 14.0. The lowest BCUT2D eigenvalue weighted by Gasteiger charge is -2.14. The Labute approximate surface area is 104 Å². The fraction of sp³-hybridized carbons (Fsp3) is 0.417. The molecule has 1 rings (SSSR count). The van der Waals surface area contributed by atoms with Crippen molar-refractivity contribution in [2.75, 3.05) is 5.88 Å². The molecule has 4 nitrogen and oxygen atoms in total. The third kappa shape index (κ3) is 3.43. The SMILES string of the molecule is O=C(O)C(O)c1cccc(CCCCl)c1CO. The highest BCUT2D eigenvalue weighted by atomic mass is 35.5. The van der Waals surface area contributed by atoms with Gasteiger partial charge in [-0.05, 0) is 29.5 Å². The van der Waals surface area contributed by atoms with Crippen LogP contribution >= 0.6 is 11.6 Å². The minimum absolute atomic E-state index is 0.243. The Hall–Kier alpha value is -1.10. The minimum Gasteiger partial charge on any atom is -0.479 e. The summed E-state index contributed by atoms with van der Waals surface area (Å²) in [5, 5.41) is 27.6. The van der Waals surface area contributed by atoms with E-state index < -0.39 is 12.1 Å². The number of benzene rings is 1. The first-order chi connectivity index (χ1) is 8.11. The molecule has 0 aromatic heterocycles. The smallest absolute Gasteiger partial charge is 0.337 e. The molecule has 0 radical (unpaired) electrons. The van der Waals surface area contributed by atoms with Crippen molar-refractivity contribution in [1.82, 2.24) is 0 Å². The molecule has 0 amide bonds. The zero-order valence-electron chi connectivity index (χ0n) is 9.27. The maximum Gasteiger partial charge on any atom is 0.337 e. The van der Waals surface area contributed by atoms with Crippen LogP contribution in [0, 0.1) is 0 Å². The normalized spacial score (nSPS) is 12.4. The van der Waals surface area contributed by atoms with Gasteiger partial charge in [0.1, 0.15) is 0 Å². The molecule has 94 valence electrons. The number of carbonyl (C=O) groups is 1. The van der Waals surface area contributed by atoms with Crippen molar-refractivity contribution in [2.24, 2.45) is 0 Å². The summed E-state index contributed by atoms with van der Waals surface area (Å²) in [6.45, 7) is -0.294. The molecule has 0 bridgehead atoms. The van der Waals surface area contributed by atoms with Crippen LogP contribution in [0.5, 0.6) is 0 Å². The van der Waals surface area contributed by atoms with Gasteiger partial charge in [0.05, 0.1) is 6.61 Å². The maximum atomic E-state index is 10.7. The number of halogens is 1. The minimum atomic E-state index is -1.60. The third-order valence-corrected chi connectivity index (χ3v) is 2.84. The quantitative estimate of drug-likeness (QED) is 0.675. The van der Waals surface area contributed by atoms with Gasteiger partial charge in [-0.1, -0.05) is 18.2 Å². The topological polar surface area (TPSA) is 77.8 Å². The summed E-state index contributed by atoms with van der Waals surface area (Å²) >= 11 is 5.59. The van der Waals surface area contributed by atoms with Crippen LogP contribution < -0.4 is 0 Å². The van der Waals surface area contributed by atoms with Gasteiger partial charge >= 0.3 is 5.97 Å². The zero-order valence-corrected chi connectivity index (χ0v) is 10.0. The van der Waals surface area contributed by atoms with E-state index in [1.807, 2.05) is 0 Å². The molecule has 0 saturated carbocycles. The predicted molar refractivity (Wildman–Crippen MR) is 64.0 cm³/mol. The van der Waals surface area contributed by atoms with Gasteiger partial charge in [0.2, 0.25) is 0 Å². The van der Waals surface area contributed by atoms with Crippen molar-refractivity contribution in [2.45, 2.75) is 25.6 Å². The molecule has 1 aromatic rings. The van der Waals surface area contributed by atoms with Gasteiger partial charge in [-0.3, -0.25) is 0 Å². The molecular formula is C12H15ClO4. The first-order valence-electron chi connectivity index (χ1n) is 5.30. The van der Waals surface area contributed by atoms with Gasteiger partial charge in [-0.25, -0.2) is 4.79 Å². The van der Waals surface area contributed by atoms with Crippen molar-refractivity contribution in [1.29, 1.82) is 0 Å². The van der Waals surface area contributed by atoms with Crippen molar-refractivity contribution in [3.8, 4) is 0 Å². The van der Waals surface area contributed by atoms with E-state index in [0.717, 1.165) is 12.0 Å². The fourth-order valence-corrected chi connectivity index (χ4v) is 1.86. The van der Waals surface area contributed by atoms with E-state index in [4.69, 9.17) is 16.7 Å². The van der Waals surface area contributed by atoms with Crippen LogP contribution in [0.25, 0.3) is 0 Å². The molecule has 0 aliphatic heterocycles. The Balaban J connectivity index is 3.09. The Morgan fingerprint density at radius 3 is 2.65 bits per heavy atom. The molecule has 1 unspecified atom stereocenters. The van der Waals surface area contributed by atoms with Gasteiger partial charge in [-0.2, -0.15) is 0 Å². The molecule has 3 N–H and O–H groups in total. The number of hydrogen-bond donors (Lipinski definition) is 3. The highest BCUT2D eigenvalue weighted by Gasteiger charge is 2.20. The van der Waals surface area contributed by atoms with E-state index in [1.54, 1.807) is 12.1 Å². The Morgan fingerprint density at radius 1 is 1.41 bits per heavy atom. The van der Waals surface area contributed by atoms with E-state index in [1.165, 1.54) is 6.07 Å².